The number of ether oxygens (including phenoxy) is 1. The first kappa shape index (κ1) is 15.5. The molecule has 4 heteroatoms. The summed E-state index contributed by atoms with van der Waals surface area (Å²) in [4.78, 5) is 2.86. The highest BCUT2D eigenvalue weighted by atomic mass is 32.1. The molecule has 3 N–H and O–H groups in total. The molecule has 1 aromatic rings. The molecule has 0 radical (unpaired) electrons. The largest absolute Gasteiger partial charge is 0.377 e. The summed E-state index contributed by atoms with van der Waals surface area (Å²) in [6, 6.07) is 4.47. The van der Waals surface area contributed by atoms with Gasteiger partial charge in [-0.2, -0.15) is 0 Å². The summed E-state index contributed by atoms with van der Waals surface area (Å²) in [7, 11) is 0. The Morgan fingerprint density at radius 2 is 2.14 bits per heavy atom. The Morgan fingerprint density at radius 1 is 1.38 bits per heavy atom. The van der Waals surface area contributed by atoms with Gasteiger partial charge in [-0.05, 0) is 31.4 Å². The highest BCUT2D eigenvalue weighted by Gasteiger charge is 2.65. The van der Waals surface area contributed by atoms with Crippen molar-refractivity contribution in [3.05, 3.63) is 21.9 Å². The number of aryl methyl sites for hydroxylation is 1. The first-order valence-electron chi connectivity index (χ1n) is 8.18. The lowest BCUT2D eigenvalue weighted by molar-refractivity contribution is -0.225. The van der Waals surface area contributed by atoms with Crippen LogP contribution in [0, 0.1) is 11.3 Å². The molecule has 3 unspecified atom stereocenters. The molecular weight excluding hydrogens is 280 g/mol. The standard InChI is InChI=1S/C17H28N2OS/c1-4-12-7-8-13(21-12)10-19-11-17(18)14-6-5-9-20-15(14)16(17,2)3/h7-8,14-15,19H,4-6,9-11,18H2,1-3H3. The number of nitrogens with two attached hydrogens (primary N) is 1. The van der Waals surface area contributed by atoms with Gasteiger partial charge in [0.25, 0.3) is 0 Å². The molecule has 2 heterocycles. The summed E-state index contributed by atoms with van der Waals surface area (Å²) in [5.41, 5.74) is 6.72. The lowest BCUT2D eigenvalue weighted by Gasteiger charge is -2.66. The molecule has 1 aromatic heterocycles. The molecule has 0 bridgehead atoms. The number of fused-ring (bicyclic) bond motifs is 1. The molecule has 118 valence electrons. The van der Waals surface area contributed by atoms with E-state index in [0.29, 0.717) is 12.0 Å². The summed E-state index contributed by atoms with van der Waals surface area (Å²) in [5, 5.41) is 3.60. The van der Waals surface area contributed by atoms with Crippen molar-refractivity contribution in [1.82, 2.24) is 5.32 Å². The third-order valence-electron chi connectivity index (χ3n) is 5.68. The van der Waals surface area contributed by atoms with E-state index >= 15 is 0 Å². The number of hydrogen-bond donors (Lipinski definition) is 2. The zero-order valence-electron chi connectivity index (χ0n) is 13.4. The van der Waals surface area contributed by atoms with Crippen molar-refractivity contribution >= 4 is 11.3 Å². The zero-order valence-corrected chi connectivity index (χ0v) is 14.3. The molecule has 3 atom stereocenters. The summed E-state index contributed by atoms with van der Waals surface area (Å²) < 4.78 is 5.96. The minimum Gasteiger partial charge on any atom is -0.377 e. The smallest absolute Gasteiger partial charge is 0.0690 e. The van der Waals surface area contributed by atoms with Crippen LogP contribution in [-0.2, 0) is 17.7 Å². The molecule has 21 heavy (non-hydrogen) atoms. The van der Waals surface area contributed by atoms with Gasteiger partial charge in [0.15, 0.2) is 0 Å². The van der Waals surface area contributed by atoms with Crippen molar-refractivity contribution in [2.24, 2.45) is 17.1 Å². The second kappa shape index (κ2) is 5.65. The van der Waals surface area contributed by atoms with Crippen molar-refractivity contribution in [2.45, 2.75) is 58.2 Å². The van der Waals surface area contributed by atoms with Crippen LogP contribution in [-0.4, -0.2) is 24.8 Å². The summed E-state index contributed by atoms with van der Waals surface area (Å²) in [6.07, 6.45) is 3.85. The van der Waals surface area contributed by atoms with E-state index in [-0.39, 0.29) is 11.0 Å². The van der Waals surface area contributed by atoms with E-state index in [2.05, 4.69) is 38.2 Å². The second-order valence-corrected chi connectivity index (χ2v) is 8.38. The Labute approximate surface area is 132 Å². The van der Waals surface area contributed by atoms with Crippen LogP contribution < -0.4 is 11.1 Å². The van der Waals surface area contributed by atoms with Crippen LogP contribution in [0.4, 0.5) is 0 Å². The third-order valence-corrected chi connectivity index (χ3v) is 6.91. The van der Waals surface area contributed by atoms with Gasteiger partial charge in [0.1, 0.15) is 0 Å². The van der Waals surface area contributed by atoms with E-state index in [9.17, 15) is 0 Å². The fourth-order valence-electron chi connectivity index (χ4n) is 4.13. The van der Waals surface area contributed by atoms with Crippen molar-refractivity contribution in [1.29, 1.82) is 0 Å². The van der Waals surface area contributed by atoms with E-state index in [0.717, 1.165) is 32.5 Å². The molecule has 1 aliphatic carbocycles. The van der Waals surface area contributed by atoms with Crippen LogP contribution in [0.3, 0.4) is 0 Å². The van der Waals surface area contributed by atoms with E-state index < -0.39 is 0 Å². The lowest BCUT2D eigenvalue weighted by Crippen LogP contribution is -2.80. The van der Waals surface area contributed by atoms with Crippen LogP contribution in [0.2, 0.25) is 0 Å². The van der Waals surface area contributed by atoms with Crippen LogP contribution in [0.25, 0.3) is 0 Å². The van der Waals surface area contributed by atoms with Crippen molar-refractivity contribution in [2.75, 3.05) is 13.2 Å². The fraction of sp³-hybridized carbons (Fsp3) is 0.765. The average Bonchev–Trinajstić information content (AvgIpc) is 2.95. The van der Waals surface area contributed by atoms with Crippen LogP contribution in [0.15, 0.2) is 12.1 Å². The molecule has 3 rings (SSSR count). The van der Waals surface area contributed by atoms with Crippen LogP contribution in [0.1, 0.15) is 43.4 Å². The molecule has 0 spiro atoms. The highest BCUT2D eigenvalue weighted by Crippen LogP contribution is 2.56. The lowest BCUT2D eigenvalue weighted by atomic mass is 9.46. The Hall–Kier alpha value is -0.420. The van der Waals surface area contributed by atoms with E-state index in [1.54, 1.807) is 0 Å². The Kier molecular flexibility index (Phi) is 4.17. The highest BCUT2D eigenvalue weighted by molar-refractivity contribution is 7.11. The van der Waals surface area contributed by atoms with Crippen molar-refractivity contribution in [3.8, 4) is 0 Å². The normalized spacial score (nSPS) is 34.3. The van der Waals surface area contributed by atoms with Gasteiger partial charge in [-0.3, -0.25) is 0 Å². The SMILES string of the molecule is CCc1ccc(CNCC2(N)C3CCCOC3C2(C)C)s1. The van der Waals surface area contributed by atoms with Crippen molar-refractivity contribution < 1.29 is 4.74 Å². The zero-order chi connectivity index (χ0) is 15.1. The molecule has 0 amide bonds. The van der Waals surface area contributed by atoms with E-state index in [4.69, 9.17) is 10.5 Å². The maximum atomic E-state index is 6.79. The predicted octanol–water partition coefficient (Wildman–Crippen LogP) is 2.93. The van der Waals surface area contributed by atoms with Gasteiger partial charge in [-0.1, -0.05) is 20.8 Å². The summed E-state index contributed by atoms with van der Waals surface area (Å²) in [6.45, 7) is 9.45. The maximum Gasteiger partial charge on any atom is 0.0690 e. The quantitative estimate of drug-likeness (QED) is 0.879. The third kappa shape index (κ3) is 2.46. The predicted molar refractivity (Wildman–Crippen MR) is 88.6 cm³/mol. The Morgan fingerprint density at radius 3 is 2.86 bits per heavy atom. The molecule has 2 aliphatic rings. The molecule has 3 nitrogen and oxygen atoms in total. The van der Waals surface area contributed by atoms with Gasteiger partial charge in [0, 0.05) is 46.3 Å². The number of hydrogen-bond acceptors (Lipinski definition) is 4. The molecular formula is C17H28N2OS. The van der Waals surface area contributed by atoms with Gasteiger partial charge in [-0.25, -0.2) is 0 Å². The second-order valence-electron chi connectivity index (χ2n) is 7.13. The number of thiophene rings is 1. The van der Waals surface area contributed by atoms with Gasteiger partial charge in [0.2, 0.25) is 0 Å². The van der Waals surface area contributed by atoms with Gasteiger partial charge in [0.05, 0.1) is 6.10 Å². The van der Waals surface area contributed by atoms with Gasteiger partial charge >= 0.3 is 0 Å². The van der Waals surface area contributed by atoms with Crippen LogP contribution >= 0.6 is 11.3 Å². The Balaban J connectivity index is 1.58. The maximum absolute atomic E-state index is 6.79. The molecule has 1 aliphatic heterocycles. The monoisotopic (exact) mass is 308 g/mol. The molecule has 2 fully saturated rings. The van der Waals surface area contributed by atoms with Crippen molar-refractivity contribution in [3.63, 3.8) is 0 Å². The topological polar surface area (TPSA) is 47.3 Å². The molecule has 0 aromatic carbocycles. The number of nitrogens with one attached hydrogen (secondary N) is 1. The first-order valence-corrected chi connectivity index (χ1v) is 8.99. The van der Waals surface area contributed by atoms with Gasteiger partial charge in [-0.15, -0.1) is 11.3 Å². The first-order chi connectivity index (χ1) is 9.99. The van der Waals surface area contributed by atoms with E-state index in [1.165, 1.54) is 16.2 Å². The summed E-state index contributed by atoms with van der Waals surface area (Å²) in [5.74, 6) is 0.517. The fourth-order valence-corrected chi connectivity index (χ4v) is 5.05. The average molecular weight is 308 g/mol. The summed E-state index contributed by atoms with van der Waals surface area (Å²) >= 11 is 1.90. The molecule has 1 saturated heterocycles. The minimum atomic E-state index is -0.136. The van der Waals surface area contributed by atoms with Gasteiger partial charge < -0.3 is 15.8 Å². The minimum absolute atomic E-state index is 0.0646. The Bertz CT molecular complexity index is 499. The van der Waals surface area contributed by atoms with E-state index in [1.807, 2.05) is 11.3 Å². The van der Waals surface area contributed by atoms with Crippen LogP contribution in [0.5, 0.6) is 0 Å². The molecule has 1 saturated carbocycles. The number of rotatable bonds is 5.